The first-order valence-corrected chi connectivity index (χ1v) is 19.4. The molecule has 0 aliphatic rings. The first kappa shape index (κ1) is 46.5. The molecule has 2 aromatic rings. The second-order valence-corrected chi connectivity index (χ2v) is 15.8. The summed E-state index contributed by atoms with van der Waals surface area (Å²) in [4.78, 5) is 72.4. The third-order valence-electron chi connectivity index (χ3n) is 8.58. The fourth-order valence-electron chi connectivity index (χ4n) is 5.67. The number of hydrogen-bond donors (Lipinski definition) is 7. The number of carbonyl (C=O) groups is 5. The van der Waals surface area contributed by atoms with Crippen LogP contribution in [0.15, 0.2) is 36.8 Å². The van der Waals surface area contributed by atoms with Gasteiger partial charge in [0.15, 0.2) is 0 Å². The summed E-state index contributed by atoms with van der Waals surface area (Å²) in [6.07, 6.45) is 4.78. The smallest absolute Gasteiger partial charge is 0.408 e. The van der Waals surface area contributed by atoms with Gasteiger partial charge >= 0.3 is 6.09 Å². The van der Waals surface area contributed by atoms with Crippen LogP contribution in [-0.2, 0) is 36.8 Å². The minimum atomic E-state index is -1.21. The Morgan fingerprint density at radius 1 is 0.818 bits per heavy atom. The van der Waals surface area contributed by atoms with E-state index in [2.05, 4.69) is 50.4 Å². The van der Waals surface area contributed by atoms with Gasteiger partial charge in [-0.2, -0.15) is 0 Å². The molecule has 0 bridgehead atoms. The van der Waals surface area contributed by atoms with Crippen LogP contribution in [0.4, 0.5) is 4.79 Å². The zero-order valence-corrected chi connectivity index (χ0v) is 34.0. The number of aliphatic hydroxyl groups excluding tert-OH is 1. The fourth-order valence-corrected chi connectivity index (χ4v) is 5.67. The molecule has 308 valence electrons. The Hall–Kier alpha value is -4.66. The summed E-state index contributed by atoms with van der Waals surface area (Å²) in [6.45, 7) is 14.3. The molecule has 0 saturated heterocycles. The van der Waals surface area contributed by atoms with Gasteiger partial charge in [-0.1, -0.05) is 46.2 Å². The Morgan fingerprint density at radius 3 is 2.07 bits per heavy atom. The normalized spacial score (nSPS) is 13.7. The van der Waals surface area contributed by atoms with Gasteiger partial charge in [-0.15, -0.1) is 0 Å². The van der Waals surface area contributed by atoms with Crippen molar-refractivity contribution in [3.05, 3.63) is 48.0 Å². The average molecular weight is 772 g/mol. The van der Waals surface area contributed by atoms with Crippen LogP contribution in [0.25, 0.3) is 0 Å². The predicted octanol–water partition coefficient (Wildman–Crippen LogP) is 3.70. The highest BCUT2D eigenvalue weighted by Gasteiger charge is 2.32. The molecule has 0 unspecified atom stereocenters. The van der Waals surface area contributed by atoms with Gasteiger partial charge in [0.2, 0.25) is 23.6 Å². The van der Waals surface area contributed by atoms with E-state index in [1.54, 1.807) is 52.1 Å². The van der Waals surface area contributed by atoms with Gasteiger partial charge in [0.1, 0.15) is 23.4 Å². The second-order valence-electron chi connectivity index (χ2n) is 15.8. The summed E-state index contributed by atoms with van der Waals surface area (Å²) in [7, 11) is 1.54. The van der Waals surface area contributed by atoms with Gasteiger partial charge in [0.05, 0.1) is 32.0 Å². The highest BCUT2D eigenvalue weighted by molar-refractivity contribution is 5.92. The number of methoxy groups -OCH3 is 1. The van der Waals surface area contributed by atoms with E-state index in [-0.39, 0.29) is 37.0 Å². The standard InChI is InChI=1S/C40H65N7O8/c1-26(2)17-19-43-35(49)12-10-9-11-18-42-36(50)23-34(48)31(20-27(3)4)45-38(52)33(22-29-24-41-25-44-29)46-37(51)32(47-39(53)55-40(5,6)7)21-28-13-15-30(54-8)16-14-28/h13-16,24-27,31-34,48H,9-12,17-23H2,1-8H3,(H,41,44)(H,42,50)(H,43,49)(H,45,52)(H,46,51)(H,47,53)/t31-,32+,33+,34-/m1/s1. The molecule has 4 atom stereocenters. The number of amides is 5. The van der Waals surface area contributed by atoms with E-state index in [4.69, 9.17) is 9.47 Å². The lowest BCUT2D eigenvalue weighted by Gasteiger charge is -2.29. The Kier molecular flexibility index (Phi) is 20.3. The number of alkyl carbamates (subject to hydrolysis) is 1. The average Bonchev–Trinajstić information content (AvgIpc) is 3.61. The zero-order chi connectivity index (χ0) is 41.0. The number of unbranched alkanes of at least 4 members (excludes halogenated alkanes) is 2. The molecule has 0 spiro atoms. The van der Waals surface area contributed by atoms with Crippen molar-refractivity contribution in [3.8, 4) is 5.75 Å². The summed E-state index contributed by atoms with van der Waals surface area (Å²) in [5.41, 5.74) is 0.480. The highest BCUT2D eigenvalue weighted by Crippen LogP contribution is 2.15. The third-order valence-corrected chi connectivity index (χ3v) is 8.58. The number of aromatic amines is 1. The summed E-state index contributed by atoms with van der Waals surface area (Å²) in [6, 6.07) is 3.97. The maximum atomic E-state index is 13.9. The number of imidazole rings is 1. The molecule has 2 rings (SSSR count). The summed E-state index contributed by atoms with van der Waals surface area (Å²) < 4.78 is 10.7. The summed E-state index contributed by atoms with van der Waals surface area (Å²) in [5.74, 6) is -0.333. The minimum Gasteiger partial charge on any atom is -0.497 e. The number of nitrogens with zero attached hydrogens (tertiary/aromatic N) is 1. The number of H-pyrrole nitrogens is 1. The molecule has 0 saturated carbocycles. The lowest BCUT2D eigenvalue weighted by molar-refractivity contribution is -0.131. The molecule has 1 heterocycles. The molecule has 7 N–H and O–H groups in total. The summed E-state index contributed by atoms with van der Waals surface area (Å²) >= 11 is 0. The molecule has 55 heavy (non-hydrogen) atoms. The number of hydrogen-bond acceptors (Lipinski definition) is 9. The first-order chi connectivity index (χ1) is 25.9. The number of ether oxygens (including phenoxy) is 2. The summed E-state index contributed by atoms with van der Waals surface area (Å²) in [5, 5.41) is 25.3. The Labute approximate surface area is 326 Å². The van der Waals surface area contributed by atoms with Gasteiger partial charge < -0.3 is 46.1 Å². The monoisotopic (exact) mass is 771 g/mol. The van der Waals surface area contributed by atoms with E-state index in [1.807, 2.05) is 13.8 Å². The zero-order valence-electron chi connectivity index (χ0n) is 34.0. The van der Waals surface area contributed by atoms with Crippen molar-refractivity contribution in [2.45, 2.75) is 136 Å². The van der Waals surface area contributed by atoms with E-state index in [1.165, 1.54) is 12.5 Å². The van der Waals surface area contributed by atoms with Crippen LogP contribution < -0.4 is 31.3 Å². The second kappa shape index (κ2) is 24.0. The van der Waals surface area contributed by atoms with Gasteiger partial charge in [-0.3, -0.25) is 19.2 Å². The topological polar surface area (TPSA) is 213 Å². The maximum absolute atomic E-state index is 13.9. The molecule has 0 aliphatic carbocycles. The van der Waals surface area contributed by atoms with Gasteiger partial charge in [0.25, 0.3) is 0 Å². The van der Waals surface area contributed by atoms with E-state index in [0.717, 1.165) is 18.4 Å². The SMILES string of the molecule is COc1ccc(C[C@H](NC(=O)OC(C)(C)C)C(=O)N[C@@H](Cc2cnc[nH]2)C(=O)N[C@H](CC(C)C)[C@H](O)CC(=O)NCCCCCC(=O)NCCC(C)C)cc1. The van der Waals surface area contributed by atoms with E-state index >= 15 is 0 Å². The molecule has 5 amide bonds. The van der Waals surface area contributed by atoms with Crippen LogP contribution in [0.1, 0.15) is 105 Å². The van der Waals surface area contributed by atoms with Crippen molar-refractivity contribution < 1.29 is 38.6 Å². The number of aromatic nitrogens is 2. The number of rotatable bonds is 24. The molecule has 15 heteroatoms. The quantitative estimate of drug-likeness (QED) is 0.0775. The molecule has 0 radical (unpaired) electrons. The Balaban J connectivity index is 2.09. The third kappa shape index (κ3) is 20.0. The van der Waals surface area contributed by atoms with Crippen LogP contribution in [-0.4, -0.2) is 94.8 Å². The van der Waals surface area contributed by atoms with Crippen molar-refractivity contribution in [3.63, 3.8) is 0 Å². The Morgan fingerprint density at radius 2 is 1.47 bits per heavy atom. The van der Waals surface area contributed by atoms with E-state index in [9.17, 15) is 29.1 Å². The molecule has 1 aromatic heterocycles. The first-order valence-electron chi connectivity index (χ1n) is 19.4. The molecule has 0 aliphatic heterocycles. The van der Waals surface area contributed by atoms with Gasteiger partial charge in [-0.05, 0) is 76.0 Å². The van der Waals surface area contributed by atoms with Crippen LogP contribution in [0.5, 0.6) is 5.75 Å². The molecule has 0 fully saturated rings. The van der Waals surface area contributed by atoms with Crippen LogP contribution in [0.2, 0.25) is 0 Å². The van der Waals surface area contributed by atoms with Crippen molar-refractivity contribution in [2.24, 2.45) is 11.8 Å². The molecule has 15 nitrogen and oxygen atoms in total. The lowest BCUT2D eigenvalue weighted by Crippen LogP contribution is -2.57. The number of aliphatic hydroxyl groups is 1. The Bertz CT molecular complexity index is 1460. The van der Waals surface area contributed by atoms with Gasteiger partial charge in [-0.25, -0.2) is 9.78 Å². The van der Waals surface area contributed by atoms with E-state index in [0.29, 0.717) is 56.1 Å². The fraction of sp³-hybridized carbons (Fsp3) is 0.650. The number of benzene rings is 1. The predicted molar refractivity (Wildman–Crippen MR) is 210 cm³/mol. The molecular weight excluding hydrogens is 706 g/mol. The van der Waals surface area contributed by atoms with E-state index < -0.39 is 47.7 Å². The van der Waals surface area contributed by atoms with Crippen molar-refractivity contribution in [2.75, 3.05) is 20.2 Å². The molecular formula is C40H65N7O8. The van der Waals surface area contributed by atoms with Crippen molar-refractivity contribution in [1.29, 1.82) is 0 Å². The van der Waals surface area contributed by atoms with Crippen molar-refractivity contribution in [1.82, 2.24) is 36.6 Å². The van der Waals surface area contributed by atoms with Crippen molar-refractivity contribution >= 4 is 29.7 Å². The lowest BCUT2D eigenvalue weighted by atomic mass is 9.96. The van der Waals surface area contributed by atoms with Crippen LogP contribution in [0, 0.1) is 11.8 Å². The van der Waals surface area contributed by atoms with Gasteiger partial charge in [0, 0.05) is 44.2 Å². The highest BCUT2D eigenvalue weighted by atomic mass is 16.6. The number of carbonyl (C=O) groups excluding carboxylic acids is 5. The molecule has 1 aromatic carbocycles. The van der Waals surface area contributed by atoms with Crippen LogP contribution >= 0.6 is 0 Å². The maximum Gasteiger partial charge on any atom is 0.408 e. The number of nitrogens with one attached hydrogen (secondary N) is 6. The minimum absolute atomic E-state index is 0.0308. The van der Waals surface area contributed by atoms with Crippen LogP contribution in [0.3, 0.4) is 0 Å². The largest absolute Gasteiger partial charge is 0.497 e.